The molecule has 1 atom stereocenters. The van der Waals surface area contributed by atoms with Crippen LogP contribution < -0.4 is 0 Å². The summed E-state index contributed by atoms with van der Waals surface area (Å²) in [5.74, 6) is 0. The van der Waals surface area contributed by atoms with Gasteiger partial charge in [0.1, 0.15) is 0 Å². The maximum Gasteiger partial charge on any atom is 0.0635 e. The molecule has 130 valence electrons. The molecular formula is C18H37N3O. The Labute approximate surface area is 137 Å². The first-order valence-electron chi connectivity index (χ1n) is 8.84. The molecule has 0 spiro atoms. The summed E-state index contributed by atoms with van der Waals surface area (Å²) in [7, 11) is 4.30. The van der Waals surface area contributed by atoms with Crippen molar-refractivity contribution in [3.63, 3.8) is 0 Å². The summed E-state index contributed by atoms with van der Waals surface area (Å²) in [4.78, 5) is 9.53. The van der Waals surface area contributed by atoms with E-state index in [9.17, 15) is 0 Å². The minimum atomic E-state index is -0.0402. The maximum absolute atomic E-state index is 5.90. The van der Waals surface area contributed by atoms with Crippen LogP contribution in [0.2, 0.25) is 0 Å². The lowest BCUT2D eigenvalue weighted by atomic mass is 9.74. The van der Waals surface area contributed by atoms with Crippen LogP contribution in [0.5, 0.6) is 0 Å². The van der Waals surface area contributed by atoms with E-state index in [4.69, 9.17) is 9.73 Å². The molecule has 4 heteroatoms. The van der Waals surface area contributed by atoms with Crippen molar-refractivity contribution in [3.8, 4) is 0 Å². The monoisotopic (exact) mass is 311 g/mol. The number of nitrogens with zero attached hydrogens (tertiary/aromatic N) is 3. The predicted octanol–water partition coefficient (Wildman–Crippen LogP) is 2.93. The van der Waals surface area contributed by atoms with Gasteiger partial charge in [0.05, 0.1) is 5.60 Å². The van der Waals surface area contributed by atoms with Crippen LogP contribution in [0.25, 0.3) is 0 Å². The van der Waals surface area contributed by atoms with Crippen molar-refractivity contribution in [3.05, 3.63) is 0 Å². The molecule has 0 radical (unpaired) electrons. The Kier molecular flexibility index (Phi) is 8.01. The maximum atomic E-state index is 5.90. The second kappa shape index (κ2) is 8.99. The van der Waals surface area contributed by atoms with Crippen LogP contribution in [0.3, 0.4) is 0 Å². The molecule has 1 saturated heterocycles. The van der Waals surface area contributed by atoms with E-state index >= 15 is 0 Å². The lowest BCUT2D eigenvalue weighted by Crippen LogP contribution is -2.47. The minimum absolute atomic E-state index is 0.0402. The van der Waals surface area contributed by atoms with E-state index in [0.29, 0.717) is 0 Å². The summed E-state index contributed by atoms with van der Waals surface area (Å²) in [6.45, 7) is 15.1. The molecule has 0 N–H and O–H groups in total. The first-order valence-corrected chi connectivity index (χ1v) is 8.84. The molecule has 1 unspecified atom stereocenters. The molecule has 4 nitrogen and oxygen atoms in total. The standard InChI is InChI=1S/C18H37N3O/c1-7-21(8-2)12-9-11-19-15-18(16-20(5)6)10-13-22-17(3,4)14-18/h15H,7-14,16H2,1-6H3. The molecule has 0 aliphatic carbocycles. The summed E-state index contributed by atoms with van der Waals surface area (Å²) < 4.78 is 5.90. The number of hydrogen-bond donors (Lipinski definition) is 0. The number of ether oxygens (including phenoxy) is 1. The molecule has 22 heavy (non-hydrogen) atoms. The predicted molar refractivity (Wildman–Crippen MR) is 96.0 cm³/mol. The zero-order chi connectivity index (χ0) is 16.6. The van der Waals surface area contributed by atoms with Crippen LogP contribution >= 0.6 is 0 Å². The van der Waals surface area contributed by atoms with Gasteiger partial charge in [0.2, 0.25) is 0 Å². The van der Waals surface area contributed by atoms with E-state index in [2.05, 4.69) is 57.8 Å². The van der Waals surface area contributed by atoms with Gasteiger partial charge >= 0.3 is 0 Å². The van der Waals surface area contributed by atoms with Crippen LogP contribution in [0.15, 0.2) is 4.99 Å². The highest BCUT2D eigenvalue weighted by Crippen LogP contribution is 2.38. The van der Waals surface area contributed by atoms with Gasteiger partial charge in [0, 0.05) is 31.3 Å². The number of hydrogen-bond acceptors (Lipinski definition) is 4. The van der Waals surface area contributed by atoms with E-state index in [1.54, 1.807) is 0 Å². The third-order valence-electron chi connectivity index (χ3n) is 4.52. The first kappa shape index (κ1) is 19.6. The average molecular weight is 312 g/mol. The fourth-order valence-corrected chi connectivity index (χ4v) is 3.62. The second-order valence-electron chi connectivity index (χ2n) is 7.55. The summed E-state index contributed by atoms with van der Waals surface area (Å²) in [6, 6.07) is 0. The van der Waals surface area contributed by atoms with Gasteiger partial charge in [-0.3, -0.25) is 4.99 Å². The van der Waals surface area contributed by atoms with Crippen molar-refractivity contribution in [2.45, 2.75) is 52.6 Å². The molecule has 1 fully saturated rings. The van der Waals surface area contributed by atoms with Crippen LogP contribution in [-0.4, -0.2) is 75.0 Å². The molecule has 0 bridgehead atoms. The van der Waals surface area contributed by atoms with Crippen molar-refractivity contribution in [1.29, 1.82) is 0 Å². The van der Waals surface area contributed by atoms with E-state index in [1.165, 1.54) is 0 Å². The summed E-state index contributed by atoms with van der Waals surface area (Å²) >= 11 is 0. The molecular weight excluding hydrogens is 274 g/mol. The molecule has 1 aliphatic heterocycles. The highest BCUT2D eigenvalue weighted by molar-refractivity contribution is 5.66. The average Bonchev–Trinajstić information content (AvgIpc) is 2.41. The van der Waals surface area contributed by atoms with Gasteiger partial charge in [-0.2, -0.15) is 0 Å². The molecule has 0 saturated carbocycles. The Morgan fingerprint density at radius 3 is 2.41 bits per heavy atom. The molecule has 1 heterocycles. The van der Waals surface area contributed by atoms with Crippen LogP contribution in [-0.2, 0) is 4.74 Å². The van der Waals surface area contributed by atoms with Crippen LogP contribution in [0.4, 0.5) is 0 Å². The Morgan fingerprint density at radius 1 is 1.18 bits per heavy atom. The summed E-state index contributed by atoms with van der Waals surface area (Å²) in [5, 5.41) is 0. The lowest BCUT2D eigenvalue weighted by molar-refractivity contribution is -0.0887. The Morgan fingerprint density at radius 2 is 1.86 bits per heavy atom. The summed E-state index contributed by atoms with van der Waals surface area (Å²) in [5.41, 5.74) is 0.127. The highest BCUT2D eigenvalue weighted by Gasteiger charge is 2.40. The van der Waals surface area contributed by atoms with Crippen molar-refractivity contribution in [2.75, 3.05) is 53.4 Å². The highest BCUT2D eigenvalue weighted by atomic mass is 16.5. The molecule has 0 aromatic carbocycles. The van der Waals surface area contributed by atoms with Crippen LogP contribution in [0, 0.1) is 5.41 Å². The smallest absolute Gasteiger partial charge is 0.0635 e. The van der Waals surface area contributed by atoms with Crippen molar-refractivity contribution in [1.82, 2.24) is 9.80 Å². The van der Waals surface area contributed by atoms with Crippen LogP contribution in [0.1, 0.15) is 47.0 Å². The largest absolute Gasteiger partial charge is 0.376 e. The molecule has 1 aliphatic rings. The number of rotatable bonds is 9. The van der Waals surface area contributed by atoms with Gasteiger partial charge in [-0.15, -0.1) is 0 Å². The van der Waals surface area contributed by atoms with Gasteiger partial charge < -0.3 is 14.5 Å². The second-order valence-corrected chi connectivity index (χ2v) is 7.55. The fraction of sp³-hybridized carbons (Fsp3) is 0.944. The quantitative estimate of drug-likeness (QED) is 0.484. The Balaban J connectivity index is 2.56. The third kappa shape index (κ3) is 6.76. The van der Waals surface area contributed by atoms with Crippen molar-refractivity contribution < 1.29 is 4.74 Å². The lowest BCUT2D eigenvalue weighted by Gasteiger charge is -2.44. The third-order valence-corrected chi connectivity index (χ3v) is 4.52. The number of aliphatic imine (C=N–C) groups is 1. The summed E-state index contributed by atoms with van der Waals surface area (Å²) in [6.07, 6.45) is 5.53. The zero-order valence-corrected chi connectivity index (χ0v) is 15.7. The molecule has 0 aromatic rings. The molecule has 1 rings (SSSR count). The SMILES string of the molecule is CCN(CC)CCCN=CC1(CN(C)C)CCOC(C)(C)C1. The normalized spacial score (nSPS) is 25.5. The van der Waals surface area contributed by atoms with Gasteiger partial charge in [0.15, 0.2) is 0 Å². The van der Waals surface area contributed by atoms with Gasteiger partial charge in [-0.05, 0) is 66.8 Å². The van der Waals surface area contributed by atoms with Crippen molar-refractivity contribution >= 4 is 6.21 Å². The Hall–Kier alpha value is -0.450. The van der Waals surface area contributed by atoms with E-state index in [1.807, 2.05) is 0 Å². The van der Waals surface area contributed by atoms with E-state index < -0.39 is 0 Å². The first-order chi connectivity index (χ1) is 10.3. The molecule has 0 aromatic heterocycles. The van der Waals surface area contributed by atoms with Gasteiger partial charge in [-0.1, -0.05) is 13.8 Å². The van der Waals surface area contributed by atoms with Gasteiger partial charge in [-0.25, -0.2) is 0 Å². The minimum Gasteiger partial charge on any atom is -0.376 e. The van der Waals surface area contributed by atoms with E-state index in [0.717, 1.165) is 58.6 Å². The zero-order valence-electron chi connectivity index (χ0n) is 15.7. The Bertz CT molecular complexity index is 337. The van der Waals surface area contributed by atoms with Gasteiger partial charge in [0.25, 0.3) is 0 Å². The molecule has 0 amide bonds. The fourth-order valence-electron chi connectivity index (χ4n) is 3.62. The van der Waals surface area contributed by atoms with Crippen molar-refractivity contribution in [2.24, 2.45) is 10.4 Å². The van der Waals surface area contributed by atoms with E-state index in [-0.39, 0.29) is 11.0 Å². The topological polar surface area (TPSA) is 28.1 Å².